The van der Waals surface area contributed by atoms with Gasteiger partial charge >= 0.3 is 0 Å². The second-order valence-corrected chi connectivity index (χ2v) is 9.79. The van der Waals surface area contributed by atoms with Crippen LogP contribution in [0.4, 0.5) is 0 Å². The number of rotatable bonds is 2. The van der Waals surface area contributed by atoms with Crippen molar-refractivity contribution >= 4 is 5.78 Å². The molecule has 4 N–H and O–H groups in total. The molecule has 0 saturated heterocycles. The van der Waals surface area contributed by atoms with Crippen LogP contribution in [-0.4, -0.2) is 50.6 Å². The summed E-state index contributed by atoms with van der Waals surface area (Å²) in [5, 5.41) is 42.3. The van der Waals surface area contributed by atoms with Gasteiger partial charge in [0.1, 0.15) is 6.10 Å². The number of aliphatic hydroxyl groups excluding tert-OH is 3. The van der Waals surface area contributed by atoms with Gasteiger partial charge in [0.05, 0.1) is 18.3 Å². The van der Waals surface area contributed by atoms with Crippen LogP contribution in [0, 0.1) is 34.5 Å². The highest BCUT2D eigenvalue weighted by Gasteiger charge is 2.68. The van der Waals surface area contributed by atoms with Crippen molar-refractivity contribution in [1.29, 1.82) is 0 Å². The Bertz CT molecular complexity index is 632. The fraction of sp³-hybridized carbons (Fsp3) is 0.857. The van der Waals surface area contributed by atoms with Gasteiger partial charge < -0.3 is 20.4 Å². The predicted octanol–water partition coefficient (Wildman–Crippen LogP) is 1.43. The fourth-order valence-corrected chi connectivity index (χ4v) is 7.50. The van der Waals surface area contributed by atoms with Gasteiger partial charge in [-0.05, 0) is 67.3 Å². The standard InChI is InChI=1S/C21H32O5/c1-19-7-5-13(23)9-12(19)3-4-14-15-6-8-21(26,17(25)11-22)20(15,2)10-16(24)18(14)19/h5,7,12,14-18,22,24-26H,3-4,6,8-11H2,1-2H3/t12-,14+,15+,16+,17-,18-,19+,20+,21+/m1/s1. The summed E-state index contributed by atoms with van der Waals surface area (Å²) in [6.45, 7) is 3.71. The number of hydrogen-bond acceptors (Lipinski definition) is 5. The molecule has 0 heterocycles. The van der Waals surface area contributed by atoms with Gasteiger partial charge in [0.15, 0.2) is 5.78 Å². The molecule has 4 aliphatic carbocycles. The van der Waals surface area contributed by atoms with E-state index >= 15 is 0 Å². The number of carbonyl (C=O) groups is 1. The first kappa shape index (κ1) is 18.6. The van der Waals surface area contributed by atoms with Crippen molar-refractivity contribution in [2.75, 3.05) is 6.61 Å². The maximum Gasteiger partial charge on any atom is 0.155 e. The van der Waals surface area contributed by atoms with Gasteiger partial charge in [-0.25, -0.2) is 0 Å². The zero-order chi connectivity index (χ0) is 18.9. The van der Waals surface area contributed by atoms with Crippen LogP contribution in [0.15, 0.2) is 12.2 Å². The highest BCUT2D eigenvalue weighted by molar-refractivity contribution is 5.91. The average molecular weight is 364 g/mol. The summed E-state index contributed by atoms with van der Waals surface area (Å²) in [6, 6.07) is 0. The zero-order valence-electron chi connectivity index (χ0n) is 15.8. The van der Waals surface area contributed by atoms with E-state index in [0.29, 0.717) is 19.3 Å². The largest absolute Gasteiger partial charge is 0.394 e. The molecule has 0 amide bonds. The van der Waals surface area contributed by atoms with Crippen LogP contribution in [0.1, 0.15) is 52.4 Å². The fourth-order valence-electron chi connectivity index (χ4n) is 7.50. The first-order valence-corrected chi connectivity index (χ1v) is 10.1. The molecule has 0 bridgehead atoms. The maximum atomic E-state index is 11.9. The normalized spacial score (nSPS) is 54.4. The van der Waals surface area contributed by atoms with E-state index in [1.165, 1.54) is 0 Å². The minimum Gasteiger partial charge on any atom is -0.394 e. The van der Waals surface area contributed by atoms with Gasteiger partial charge in [-0.3, -0.25) is 4.79 Å². The molecule has 3 fully saturated rings. The van der Waals surface area contributed by atoms with E-state index in [0.717, 1.165) is 19.3 Å². The Kier molecular flexibility index (Phi) is 4.20. The molecular formula is C21H32O5. The second kappa shape index (κ2) is 5.87. The van der Waals surface area contributed by atoms with Crippen LogP contribution in [0.25, 0.3) is 0 Å². The Morgan fingerprint density at radius 1 is 1.27 bits per heavy atom. The lowest BCUT2D eigenvalue weighted by atomic mass is 9.44. The van der Waals surface area contributed by atoms with Crippen molar-refractivity contribution in [1.82, 2.24) is 0 Å². The molecule has 0 aliphatic heterocycles. The number of carbonyl (C=O) groups excluding carboxylic acids is 1. The number of hydrogen-bond donors (Lipinski definition) is 4. The minimum absolute atomic E-state index is 0.0808. The molecule has 4 aliphatic rings. The van der Waals surface area contributed by atoms with E-state index in [1.54, 1.807) is 6.08 Å². The first-order valence-electron chi connectivity index (χ1n) is 10.1. The van der Waals surface area contributed by atoms with Crippen molar-refractivity contribution in [3.05, 3.63) is 12.2 Å². The summed E-state index contributed by atoms with van der Waals surface area (Å²) < 4.78 is 0. The molecule has 4 rings (SSSR count). The molecule has 0 aromatic carbocycles. The van der Waals surface area contributed by atoms with E-state index in [-0.39, 0.29) is 34.9 Å². The highest BCUT2D eigenvalue weighted by atomic mass is 16.4. The molecular weight excluding hydrogens is 332 g/mol. The molecule has 26 heavy (non-hydrogen) atoms. The molecule has 0 unspecified atom stereocenters. The Hall–Kier alpha value is -0.750. The highest BCUT2D eigenvalue weighted by Crippen LogP contribution is 2.67. The quantitative estimate of drug-likeness (QED) is 0.594. The van der Waals surface area contributed by atoms with Crippen LogP contribution in [0.3, 0.4) is 0 Å². The van der Waals surface area contributed by atoms with Gasteiger partial charge in [0, 0.05) is 11.8 Å². The van der Waals surface area contributed by atoms with Gasteiger partial charge in [-0.1, -0.05) is 19.9 Å². The van der Waals surface area contributed by atoms with Crippen LogP contribution in [0.5, 0.6) is 0 Å². The SMILES string of the molecule is C[C@]12C=CC(=O)C[C@H]1CC[C@@H]1[C@@H]2[C@@H](O)C[C@@]2(C)[C@H]1CC[C@]2(O)[C@H](O)CO. The minimum atomic E-state index is -1.35. The molecule has 5 heteroatoms. The lowest BCUT2D eigenvalue weighted by molar-refractivity contribution is -0.213. The predicted molar refractivity (Wildman–Crippen MR) is 96.1 cm³/mol. The lowest BCUT2D eigenvalue weighted by Gasteiger charge is -2.61. The van der Waals surface area contributed by atoms with Crippen molar-refractivity contribution in [2.45, 2.75) is 70.2 Å². The zero-order valence-corrected chi connectivity index (χ0v) is 15.8. The maximum absolute atomic E-state index is 11.9. The average Bonchev–Trinajstić information content (AvgIpc) is 2.86. The summed E-state index contributed by atoms with van der Waals surface area (Å²) in [7, 11) is 0. The molecule has 146 valence electrons. The van der Waals surface area contributed by atoms with E-state index in [1.807, 2.05) is 13.0 Å². The number of ketones is 1. The summed E-state index contributed by atoms with van der Waals surface area (Å²) in [6.07, 6.45) is 6.15. The third-order valence-corrected chi connectivity index (χ3v) is 8.92. The van der Waals surface area contributed by atoms with Crippen molar-refractivity contribution < 1.29 is 25.2 Å². The van der Waals surface area contributed by atoms with E-state index in [9.17, 15) is 25.2 Å². The smallest absolute Gasteiger partial charge is 0.155 e. The monoisotopic (exact) mass is 364 g/mol. The Morgan fingerprint density at radius 2 is 2.00 bits per heavy atom. The molecule has 0 aromatic heterocycles. The first-order chi connectivity index (χ1) is 12.2. The van der Waals surface area contributed by atoms with Crippen LogP contribution in [0.2, 0.25) is 0 Å². The molecule has 0 aromatic rings. The Balaban J connectivity index is 1.72. The van der Waals surface area contributed by atoms with Crippen molar-refractivity contribution in [3.8, 4) is 0 Å². The number of fused-ring (bicyclic) bond motifs is 5. The number of allylic oxidation sites excluding steroid dienone is 2. The topological polar surface area (TPSA) is 98.0 Å². The van der Waals surface area contributed by atoms with Crippen LogP contribution >= 0.6 is 0 Å². The van der Waals surface area contributed by atoms with Crippen molar-refractivity contribution in [2.24, 2.45) is 34.5 Å². The lowest BCUT2D eigenvalue weighted by Crippen LogP contribution is -2.63. The molecule has 5 nitrogen and oxygen atoms in total. The van der Waals surface area contributed by atoms with Gasteiger partial charge in [-0.2, -0.15) is 0 Å². The summed E-state index contributed by atoms with van der Waals surface area (Å²) in [5.41, 5.74) is -2.14. The molecule has 0 radical (unpaired) electrons. The van der Waals surface area contributed by atoms with Crippen LogP contribution < -0.4 is 0 Å². The second-order valence-electron chi connectivity index (χ2n) is 9.79. The van der Waals surface area contributed by atoms with E-state index in [2.05, 4.69) is 6.92 Å². The Labute approximate surface area is 155 Å². The third-order valence-electron chi connectivity index (χ3n) is 8.92. The third kappa shape index (κ3) is 2.20. The van der Waals surface area contributed by atoms with Gasteiger partial charge in [0.2, 0.25) is 0 Å². The van der Waals surface area contributed by atoms with E-state index < -0.39 is 29.8 Å². The molecule has 3 saturated carbocycles. The van der Waals surface area contributed by atoms with Gasteiger partial charge in [0.25, 0.3) is 0 Å². The molecule has 0 spiro atoms. The molecule has 9 atom stereocenters. The van der Waals surface area contributed by atoms with E-state index in [4.69, 9.17) is 0 Å². The van der Waals surface area contributed by atoms with Crippen molar-refractivity contribution in [3.63, 3.8) is 0 Å². The summed E-state index contributed by atoms with van der Waals surface area (Å²) in [4.78, 5) is 11.9. The summed E-state index contributed by atoms with van der Waals surface area (Å²) in [5.74, 6) is 1.02. The van der Waals surface area contributed by atoms with Crippen LogP contribution in [-0.2, 0) is 4.79 Å². The summed E-state index contributed by atoms with van der Waals surface area (Å²) >= 11 is 0. The number of aliphatic hydroxyl groups is 4. The Morgan fingerprint density at radius 3 is 2.69 bits per heavy atom. The van der Waals surface area contributed by atoms with Gasteiger partial charge in [-0.15, -0.1) is 0 Å².